The predicted octanol–water partition coefficient (Wildman–Crippen LogP) is 1.97. The van der Waals surface area contributed by atoms with E-state index in [0.717, 1.165) is 29.4 Å². The molecule has 1 aromatic rings. The Morgan fingerprint density at radius 1 is 1.61 bits per heavy atom. The predicted molar refractivity (Wildman–Crippen MR) is 74.2 cm³/mol. The van der Waals surface area contributed by atoms with E-state index in [4.69, 9.17) is 5.84 Å². The molecule has 1 aliphatic rings. The van der Waals surface area contributed by atoms with Gasteiger partial charge in [-0.2, -0.15) is 0 Å². The van der Waals surface area contributed by atoms with E-state index in [1.54, 1.807) is 0 Å². The maximum Gasteiger partial charge on any atom is 0.275 e. The number of likely N-dealkylation sites (tertiary alicyclic amines) is 1. The summed E-state index contributed by atoms with van der Waals surface area (Å²) in [5.41, 5.74) is 3.30. The van der Waals surface area contributed by atoms with Crippen LogP contribution in [0.25, 0.3) is 0 Å². The van der Waals surface area contributed by atoms with Crippen LogP contribution in [0, 0.1) is 5.92 Å². The molecule has 1 saturated heterocycles. The Morgan fingerprint density at radius 3 is 3.06 bits per heavy atom. The maximum absolute atomic E-state index is 11.6. The first-order valence-corrected chi connectivity index (χ1v) is 7.31. The summed E-state index contributed by atoms with van der Waals surface area (Å²) in [6.07, 6.45) is 2.48. The Bertz CT molecular complexity index is 418. The number of piperidine rings is 1. The first-order valence-electron chi connectivity index (χ1n) is 6.43. The molecule has 0 bridgehead atoms. The lowest BCUT2D eigenvalue weighted by molar-refractivity contribution is 0.0950. The number of hydrazine groups is 1. The second kappa shape index (κ2) is 5.82. The van der Waals surface area contributed by atoms with E-state index in [2.05, 4.69) is 24.2 Å². The molecular weight excluding hydrogens is 246 g/mol. The second-order valence-electron chi connectivity index (χ2n) is 5.20. The molecular formula is C13H21N3OS. The molecule has 0 radical (unpaired) electrons. The van der Waals surface area contributed by atoms with Crippen molar-refractivity contribution < 1.29 is 4.79 Å². The molecule has 1 fully saturated rings. The zero-order chi connectivity index (χ0) is 13.1. The highest BCUT2D eigenvalue weighted by Crippen LogP contribution is 2.26. The number of hydrogen-bond acceptors (Lipinski definition) is 4. The van der Waals surface area contributed by atoms with Crippen molar-refractivity contribution in [2.45, 2.75) is 39.3 Å². The number of nitrogens with one attached hydrogen (secondary N) is 1. The van der Waals surface area contributed by atoms with Gasteiger partial charge in [0, 0.05) is 12.6 Å². The molecule has 2 unspecified atom stereocenters. The molecule has 2 heterocycles. The molecule has 4 nitrogen and oxygen atoms in total. The Labute approximate surface area is 112 Å². The Kier molecular flexibility index (Phi) is 4.37. The second-order valence-corrected chi connectivity index (χ2v) is 6.11. The quantitative estimate of drug-likeness (QED) is 0.500. The first-order chi connectivity index (χ1) is 8.61. The van der Waals surface area contributed by atoms with E-state index in [1.807, 2.05) is 11.4 Å². The van der Waals surface area contributed by atoms with Gasteiger partial charge < -0.3 is 0 Å². The van der Waals surface area contributed by atoms with Gasteiger partial charge in [0.1, 0.15) is 0 Å². The number of thiophene rings is 1. The number of hydrogen-bond donors (Lipinski definition) is 2. The third-order valence-corrected chi connectivity index (χ3v) is 4.69. The Hall–Kier alpha value is -0.910. The van der Waals surface area contributed by atoms with Crippen LogP contribution in [0.2, 0.25) is 0 Å². The van der Waals surface area contributed by atoms with Gasteiger partial charge in [0.2, 0.25) is 0 Å². The average Bonchev–Trinajstić information content (AvgIpc) is 2.80. The number of nitrogens with two attached hydrogens (primary N) is 1. The van der Waals surface area contributed by atoms with Gasteiger partial charge in [0.05, 0.1) is 4.88 Å². The van der Waals surface area contributed by atoms with Crippen molar-refractivity contribution in [3.8, 4) is 0 Å². The lowest BCUT2D eigenvalue weighted by Crippen LogP contribution is -2.40. The van der Waals surface area contributed by atoms with Crippen molar-refractivity contribution in [1.29, 1.82) is 0 Å². The average molecular weight is 267 g/mol. The third-order valence-electron chi connectivity index (χ3n) is 3.73. The van der Waals surface area contributed by atoms with E-state index in [9.17, 15) is 4.79 Å². The van der Waals surface area contributed by atoms with Crippen molar-refractivity contribution in [2.75, 3.05) is 6.54 Å². The molecule has 100 valence electrons. The summed E-state index contributed by atoms with van der Waals surface area (Å²) in [5, 5.41) is 1.96. The van der Waals surface area contributed by atoms with Gasteiger partial charge in [-0.1, -0.05) is 6.92 Å². The van der Waals surface area contributed by atoms with Gasteiger partial charge in [-0.25, -0.2) is 5.84 Å². The first kappa shape index (κ1) is 13.5. The molecule has 1 amide bonds. The number of nitrogens with zero attached hydrogens (tertiary/aromatic N) is 1. The summed E-state index contributed by atoms with van der Waals surface area (Å²) in [7, 11) is 0. The molecule has 0 aliphatic carbocycles. The van der Waals surface area contributed by atoms with Crippen molar-refractivity contribution in [3.63, 3.8) is 0 Å². The van der Waals surface area contributed by atoms with E-state index in [1.165, 1.54) is 24.2 Å². The largest absolute Gasteiger partial charge is 0.296 e. The van der Waals surface area contributed by atoms with Crippen LogP contribution in [0.15, 0.2) is 11.4 Å². The van der Waals surface area contributed by atoms with Gasteiger partial charge in [-0.3, -0.25) is 15.1 Å². The van der Waals surface area contributed by atoms with Crippen molar-refractivity contribution in [1.82, 2.24) is 10.3 Å². The van der Waals surface area contributed by atoms with Crippen LogP contribution in [-0.4, -0.2) is 23.4 Å². The smallest absolute Gasteiger partial charge is 0.275 e. The molecule has 18 heavy (non-hydrogen) atoms. The zero-order valence-electron chi connectivity index (χ0n) is 11.0. The van der Waals surface area contributed by atoms with Gasteiger partial charge in [-0.15, -0.1) is 11.3 Å². The van der Waals surface area contributed by atoms with E-state index < -0.39 is 0 Å². The fraction of sp³-hybridized carbons (Fsp3) is 0.615. The topological polar surface area (TPSA) is 58.4 Å². The lowest BCUT2D eigenvalue weighted by Gasteiger charge is -2.36. The highest BCUT2D eigenvalue weighted by Gasteiger charge is 2.24. The SMILES string of the molecule is CC1CCN(Cc2ccsc2C(=O)NN)C(C)C1. The molecule has 3 N–H and O–H groups in total. The Balaban J connectivity index is 2.05. The van der Waals surface area contributed by atoms with Gasteiger partial charge in [0.15, 0.2) is 0 Å². The Morgan fingerprint density at radius 2 is 2.39 bits per heavy atom. The maximum atomic E-state index is 11.6. The van der Waals surface area contributed by atoms with Gasteiger partial charge in [0.25, 0.3) is 5.91 Å². The fourth-order valence-electron chi connectivity index (χ4n) is 2.63. The molecule has 0 saturated carbocycles. The van der Waals surface area contributed by atoms with Crippen molar-refractivity contribution in [2.24, 2.45) is 11.8 Å². The zero-order valence-corrected chi connectivity index (χ0v) is 11.8. The number of rotatable bonds is 3. The van der Waals surface area contributed by atoms with Crippen LogP contribution >= 0.6 is 11.3 Å². The summed E-state index contributed by atoms with van der Waals surface area (Å²) in [6.45, 7) is 6.54. The van der Waals surface area contributed by atoms with Crippen LogP contribution in [0.4, 0.5) is 0 Å². The number of amides is 1. The minimum Gasteiger partial charge on any atom is -0.296 e. The van der Waals surface area contributed by atoms with Crippen LogP contribution in [-0.2, 0) is 6.54 Å². The molecule has 1 aliphatic heterocycles. The van der Waals surface area contributed by atoms with E-state index in [-0.39, 0.29) is 5.91 Å². The summed E-state index contributed by atoms with van der Waals surface area (Å²) in [5.74, 6) is 5.83. The van der Waals surface area contributed by atoms with Gasteiger partial charge >= 0.3 is 0 Å². The van der Waals surface area contributed by atoms with Crippen LogP contribution in [0.5, 0.6) is 0 Å². The van der Waals surface area contributed by atoms with Crippen molar-refractivity contribution in [3.05, 3.63) is 21.9 Å². The van der Waals surface area contributed by atoms with Crippen LogP contribution in [0.3, 0.4) is 0 Å². The third kappa shape index (κ3) is 2.91. The monoisotopic (exact) mass is 267 g/mol. The summed E-state index contributed by atoms with van der Waals surface area (Å²) in [6, 6.07) is 2.61. The molecule has 1 aromatic heterocycles. The summed E-state index contributed by atoms with van der Waals surface area (Å²) in [4.78, 5) is 14.8. The standard InChI is InChI=1S/C13H21N3OS/c1-9-3-5-16(10(2)7-9)8-11-4-6-18-12(11)13(17)15-14/h4,6,9-10H,3,5,7-8,14H2,1-2H3,(H,15,17). The fourth-order valence-corrected chi connectivity index (χ4v) is 3.45. The number of carbonyl (C=O) groups excluding carboxylic acids is 1. The molecule has 0 aromatic carbocycles. The van der Waals surface area contributed by atoms with Crippen LogP contribution < -0.4 is 11.3 Å². The highest BCUT2D eigenvalue weighted by molar-refractivity contribution is 7.12. The van der Waals surface area contributed by atoms with Crippen molar-refractivity contribution >= 4 is 17.2 Å². The summed E-state index contributed by atoms with van der Waals surface area (Å²) < 4.78 is 0. The molecule has 5 heteroatoms. The molecule has 2 rings (SSSR count). The van der Waals surface area contributed by atoms with E-state index in [0.29, 0.717) is 6.04 Å². The number of nitrogen functional groups attached to an aromatic ring is 1. The normalized spacial score (nSPS) is 25.1. The highest BCUT2D eigenvalue weighted by atomic mass is 32.1. The molecule has 0 spiro atoms. The minimum atomic E-state index is -0.182. The lowest BCUT2D eigenvalue weighted by atomic mass is 9.93. The molecule has 2 atom stereocenters. The van der Waals surface area contributed by atoms with Gasteiger partial charge in [-0.05, 0) is 49.2 Å². The minimum absolute atomic E-state index is 0.182. The number of carbonyl (C=O) groups is 1. The van der Waals surface area contributed by atoms with Crippen LogP contribution in [0.1, 0.15) is 41.9 Å². The summed E-state index contributed by atoms with van der Waals surface area (Å²) >= 11 is 1.45. The van der Waals surface area contributed by atoms with E-state index >= 15 is 0 Å².